The summed E-state index contributed by atoms with van der Waals surface area (Å²) in [6.45, 7) is 3.24. The van der Waals surface area contributed by atoms with Crippen molar-refractivity contribution in [2.45, 2.75) is 26.4 Å². The largest absolute Gasteiger partial charge is 0.389 e. The Balaban J connectivity index is 2.76. The number of rotatable bonds is 6. The molecule has 0 heterocycles. The van der Waals surface area contributed by atoms with E-state index in [0.717, 1.165) is 0 Å². The maximum absolute atomic E-state index is 13.7. The van der Waals surface area contributed by atoms with Crippen LogP contribution in [0.5, 0.6) is 0 Å². The monoisotopic (exact) mass is 305 g/mol. The van der Waals surface area contributed by atoms with Gasteiger partial charge in [0.2, 0.25) is 0 Å². The second-order valence-electron chi connectivity index (χ2n) is 4.27. The van der Waals surface area contributed by atoms with Crippen LogP contribution in [0.3, 0.4) is 0 Å². The molecule has 0 saturated heterocycles. The zero-order chi connectivity index (χ0) is 14.6. The van der Waals surface area contributed by atoms with Gasteiger partial charge in [-0.15, -0.1) is 0 Å². The van der Waals surface area contributed by atoms with E-state index in [1.807, 2.05) is 0 Å². The van der Waals surface area contributed by atoms with Crippen molar-refractivity contribution < 1.29 is 12.8 Å². The van der Waals surface area contributed by atoms with Crippen molar-refractivity contribution in [1.82, 2.24) is 9.44 Å². The van der Waals surface area contributed by atoms with Crippen LogP contribution in [0, 0.1) is 5.82 Å². The summed E-state index contributed by atoms with van der Waals surface area (Å²) in [6, 6.07) is 3.94. The van der Waals surface area contributed by atoms with Gasteiger partial charge in [0.05, 0.1) is 0 Å². The molecule has 4 N–H and O–H groups in total. The number of thiocarbonyl (C=S) groups is 1. The predicted molar refractivity (Wildman–Crippen MR) is 76.3 cm³/mol. The molecule has 0 aliphatic carbocycles. The fourth-order valence-corrected chi connectivity index (χ4v) is 2.55. The fourth-order valence-electron chi connectivity index (χ4n) is 1.37. The van der Waals surface area contributed by atoms with Crippen molar-refractivity contribution in [3.05, 3.63) is 35.1 Å². The summed E-state index contributed by atoms with van der Waals surface area (Å²) in [5, 5.41) is 0. The van der Waals surface area contributed by atoms with E-state index in [1.165, 1.54) is 12.1 Å². The second-order valence-corrected chi connectivity index (χ2v) is 6.24. The van der Waals surface area contributed by atoms with Gasteiger partial charge < -0.3 is 5.73 Å². The maximum atomic E-state index is 13.7. The van der Waals surface area contributed by atoms with Crippen molar-refractivity contribution in [2.24, 2.45) is 5.73 Å². The molecule has 0 aliphatic rings. The first-order chi connectivity index (χ1) is 8.71. The first kappa shape index (κ1) is 16.0. The van der Waals surface area contributed by atoms with Gasteiger partial charge in [-0.3, -0.25) is 0 Å². The molecule has 0 radical (unpaired) electrons. The summed E-state index contributed by atoms with van der Waals surface area (Å²) in [7, 11) is -3.64. The van der Waals surface area contributed by atoms with E-state index in [1.54, 1.807) is 19.9 Å². The molecule has 1 aromatic rings. The highest BCUT2D eigenvalue weighted by atomic mass is 32.2. The highest BCUT2D eigenvalue weighted by Crippen LogP contribution is 2.10. The van der Waals surface area contributed by atoms with Crippen molar-refractivity contribution >= 4 is 27.4 Å². The summed E-state index contributed by atoms with van der Waals surface area (Å²) < 4.78 is 41.3. The number of benzene rings is 1. The summed E-state index contributed by atoms with van der Waals surface area (Å²) in [5.41, 5.74) is 5.99. The lowest BCUT2D eigenvalue weighted by Gasteiger charge is -2.11. The minimum absolute atomic E-state index is 0.0903. The van der Waals surface area contributed by atoms with Gasteiger partial charge >= 0.3 is 0 Å². The van der Waals surface area contributed by atoms with E-state index in [0.29, 0.717) is 5.56 Å². The Morgan fingerprint density at radius 3 is 2.58 bits per heavy atom. The summed E-state index contributed by atoms with van der Waals surface area (Å²) in [5.74, 6) is -0.558. The average molecular weight is 305 g/mol. The summed E-state index contributed by atoms with van der Waals surface area (Å²) in [4.78, 5) is 0.0903. The molecule has 0 fully saturated rings. The van der Waals surface area contributed by atoms with E-state index in [9.17, 15) is 12.8 Å². The molecule has 0 bridgehead atoms. The first-order valence-corrected chi connectivity index (χ1v) is 7.45. The third-order valence-electron chi connectivity index (χ3n) is 2.18. The second kappa shape index (κ2) is 6.38. The van der Waals surface area contributed by atoms with Crippen LogP contribution >= 0.6 is 12.2 Å². The van der Waals surface area contributed by atoms with E-state index in [-0.39, 0.29) is 23.1 Å². The molecule has 1 rings (SSSR count). The Bertz CT molecular complexity index is 573. The van der Waals surface area contributed by atoms with Crippen LogP contribution in [0.25, 0.3) is 0 Å². The summed E-state index contributed by atoms with van der Waals surface area (Å²) in [6.07, 6.45) is 0. The molecule has 0 aliphatic heterocycles. The fraction of sp³-hybridized carbons (Fsp3) is 0.364. The molecule has 0 saturated carbocycles. The van der Waals surface area contributed by atoms with Crippen molar-refractivity contribution in [3.63, 3.8) is 0 Å². The zero-order valence-electron chi connectivity index (χ0n) is 10.6. The third kappa shape index (κ3) is 5.19. The molecule has 8 heteroatoms. The number of hydrogen-bond donors (Lipinski definition) is 3. The molecule has 106 valence electrons. The van der Waals surface area contributed by atoms with Gasteiger partial charge in [-0.25, -0.2) is 4.39 Å². The maximum Gasteiger partial charge on any atom is 0.277 e. The number of nitrogens with one attached hydrogen (secondary N) is 2. The summed E-state index contributed by atoms with van der Waals surface area (Å²) >= 11 is 4.73. The van der Waals surface area contributed by atoms with Gasteiger partial charge in [0, 0.05) is 23.7 Å². The number of halogens is 1. The van der Waals surface area contributed by atoms with Crippen LogP contribution in [0.1, 0.15) is 25.0 Å². The molecule has 0 aromatic heterocycles. The Labute approximate surface area is 117 Å². The Morgan fingerprint density at radius 1 is 1.47 bits per heavy atom. The first-order valence-electron chi connectivity index (χ1n) is 5.56. The average Bonchev–Trinajstić information content (AvgIpc) is 2.25. The normalized spacial score (nSPS) is 11.8. The quantitative estimate of drug-likeness (QED) is 0.679. The minimum atomic E-state index is -3.64. The molecular weight excluding hydrogens is 289 g/mol. The highest BCUT2D eigenvalue weighted by Gasteiger charge is 2.12. The Hall–Kier alpha value is -1.09. The van der Waals surface area contributed by atoms with Crippen LogP contribution < -0.4 is 15.2 Å². The minimum Gasteiger partial charge on any atom is -0.389 e. The SMILES string of the molecule is CC(C)NS(=O)(=O)NCc1ccc(C(N)=S)cc1F. The Kier molecular flexibility index (Phi) is 5.36. The van der Waals surface area contributed by atoms with Crippen LogP contribution in [0.2, 0.25) is 0 Å². The van der Waals surface area contributed by atoms with Gasteiger partial charge in [0.25, 0.3) is 10.2 Å². The van der Waals surface area contributed by atoms with E-state index >= 15 is 0 Å². The molecular formula is C11H16FN3O2S2. The standard InChI is InChI=1S/C11H16FN3O2S2/c1-7(2)15-19(16,17)14-6-9-4-3-8(11(13)18)5-10(9)12/h3-5,7,14-15H,6H2,1-2H3,(H2,13,18). The molecule has 5 nitrogen and oxygen atoms in total. The smallest absolute Gasteiger partial charge is 0.277 e. The lowest BCUT2D eigenvalue weighted by Crippen LogP contribution is -2.40. The number of nitrogens with two attached hydrogens (primary N) is 1. The zero-order valence-corrected chi connectivity index (χ0v) is 12.2. The molecule has 0 atom stereocenters. The van der Waals surface area contributed by atoms with Crippen LogP contribution in [0.15, 0.2) is 18.2 Å². The van der Waals surface area contributed by atoms with Gasteiger partial charge in [-0.05, 0) is 19.9 Å². The molecule has 0 spiro atoms. The van der Waals surface area contributed by atoms with Crippen LogP contribution in [-0.2, 0) is 16.8 Å². The van der Waals surface area contributed by atoms with Crippen LogP contribution in [-0.4, -0.2) is 19.4 Å². The van der Waals surface area contributed by atoms with Gasteiger partial charge in [-0.1, -0.05) is 24.4 Å². The van der Waals surface area contributed by atoms with Crippen molar-refractivity contribution in [3.8, 4) is 0 Å². The molecule has 0 amide bonds. The Morgan fingerprint density at radius 2 is 2.11 bits per heavy atom. The number of hydrogen-bond acceptors (Lipinski definition) is 3. The molecule has 1 aromatic carbocycles. The lowest BCUT2D eigenvalue weighted by atomic mass is 10.1. The van der Waals surface area contributed by atoms with Crippen LogP contribution in [0.4, 0.5) is 4.39 Å². The predicted octanol–water partition coefficient (Wildman–Crippen LogP) is 0.792. The van der Waals surface area contributed by atoms with Gasteiger partial charge in [0.15, 0.2) is 0 Å². The highest BCUT2D eigenvalue weighted by molar-refractivity contribution is 7.87. The van der Waals surface area contributed by atoms with Gasteiger partial charge in [-0.2, -0.15) is 17.9 Å². The lowest BCUT2D eigenvalue weighted by molar-refractivity contribution is 0.551. The third-order valence-corrected chi connectivity index (χ3v) is 3.72. The molecule has 19 heavy (non-hydrogen) atoms. The van der Waals surface area contributed by atoms with Crippen molar-refractivity contribution in [2.75, 3.05) is 0 Å². The van der Waals surface area contributed by atoms with E-state index < -0.39 is 16.0 Å². The topological polar surface area (TPSA) is 84.2 Å². The van der Waals surface area contributed by atoms with E-state index in [2.05, 4.69) is 9.44 Å². The van der Waals surface area contributed by atoms with Crippen molar-refractivity contribution in [1.29, 1.82) is 0 Å². The van der Waals surface area contributed by atoms with Gasteiger partial charge in [0.1, 0.15) is 10.8 Å². The molecule has 0 unspecified atom stereocenters. The van der Waals surface area contributed by atoms with E-state index in [4.69, 9.17) is 18.0 Å².